The molecule has 2 aromatic rings. The molecule has 2 aromatic carbocycles. The summed E-state index contributed by atoms with van der Waals surface area (Å²) in [5, 5.41) is 9.12. The van der Waals surface area contributed by atoms with Crippen LogP contribution >= 0.6 is 0 Å². The van der Waals surface area contributed by atoms with E-state index < -0.39 is 5.97 Å². The van der Waals surface area contributed by atoms with Crippen LogP contribution in [0, 0.1) is 0 Å². The molecular weight excluding hydrogens is 272 g/mol. The lowest BCUT2D eigenvalue weighted by molar-refractivity contribution is 0.0692. The van der Waals surface area contributed by atoms with E-state index in [0.29, 0.717) is 11.5 Å². The fraction of sp³-hybridized carbons (Fsp3) is 0.125. The van der Waals surface area contributed by atoms with Crippen molar-refractivity contribution in [1.82, 2.24) is 0 Å². The number of carbonyl (C=O) groups is 2. The molecule has 0 fully saturated rings. The monoisotopic (exact) mass is 284 g/mol. The number of hydrogen-bond donors (Lipinski definition) is 1. The van der Waals surface area contributed by atoms with Gasteiger partial charge in [-0.15, -0.1) is 0 Å². The van der Waals surface area contributed by atoms with E-state index in [4.69, 9.17) is 14.6 Å². The molecule has 0 spiro atoms. The van der Waals surface area contributed by atoms with Crippen LogP contribution in [0.15, 0.2) is 42.5 Å². The number of ketones is 1. The SMILES string of the molecule is O=C(O)c1ccccc1C(=O)Cc1ccc2c(c1)OCO2. The number of benzene rings is 2. The number of hydrogen-bond acceptors (Lipinski definition) is 4. The van der Waals surface area contributed by atoms with Gasteiger partial charge < -0.3 is 14.6 Å². The van der Waals surface area contributed by atoms with Gasteiger partial charge >= 0.3 is 5.97 Å². The fourth-order valence-electron chi connectivity index (χ4n) is 2.24. The molecule has 0 bridgehead atoms. The van der Waals surface area contributed by atoms with Crippen molar-refractivity contribution in [1.29, 1.82) is 0 Å². The van der Waals surface area contributed by atoms with E-state index in [0.717, 1.165) is 5.56 Å². The third kappa shape index (κ3) is 2.58. The maximum absolute atomic E-state index is 12.3. The maximum atomic E-state index is 12.3. The van der Waals surface area contributed by atoms with E-state index in [1.54, 1.807) is 30.3 Å². The van der Waals surface area contributed by atoms with E-state index >= 15 is 0 Å². The molecule has 0 radical (unpaired) electrons. The van der Waals surface area contributed by atoms with Crippen molar-refractivity contribution in [2.75, 3.05) is 6.79 Å². The van der Waals surface area contributed by atoms with Gasteiger partial charge in [0.05, 0.1) is 5.56 Å². The quantitative estimate of drug-likeness (QED) is 0.873. The predicted octanol–water partition coefficient (Wildman–Crippen LogP) is 2.54. The molecule has 3 rings (SSSR count). The molecule has 1 aliphatic rings. The molecule has 0 aromatic heterocycles. The van der Waals surface area contributed by atoms with Crippen LogP contribution < -0.4 is 9.47 Å². The summed E-state index contributed by atoms with van der Waals surface area (Å²) in [6.07, 6.45) is 0.112. The molecule has 21 heavy (non-hydrogen) atoms. The van der Waals surface area contributed by atoms with Crippen molar-refractivity contribution in [3.05, 3.63) is 59.2 Å². The average molecular weight is 284 g/mol. The van der Waals surface area contributed by atoms with Crippen molar-refractivity contribution in [3.63, 3.8) is 0 Å². The summed E-state index contributed by atoms with van der Waals surface area (Å²) in [4.78, 5) is 23.4. The third-order valence-electron chi connectivity index (χ3n) is 3.26. The van der Waals surface area contributed by atoms with Gasteiger partial charge in [0.25, 0.3) is 0 Å². The Bertz CT molecular complexity index is 720. The molecular formula is C16H12O5. The van der Waals surface area contributed by atoms with E-state index in [2.05, 4.69) is 0 Å². The van der Waals surface area contributed by atoms with Gasteiger partial charge in [-0.25, -0.2) is 4.79 Å². The van der Waals surface area contributed by atoms with Crippen LogP contribution in [-0.4, -0.2) is 23.7 Å². The van der Waals surface area contributed by atoms with E-state index in [1.165, 1.54) is 12.1 Å². The predicted molar refractivity (Wildman–Crippen MR) is 74.0 cm³/mol. The summed E-state index contributed by atoms with van der Waals surface area (Å²) in [7, 11) is 0. The summed E-state index contributed by atoms with van der Waals surface area (Å²) in [6, 6.07) is 11.5. The Morgan fingerprint density at radius 3 is 2.48 bits per heavy atom. The highest BCUT2D eigenvalue weighted by Crippen LogP contribution is 2.32. The van der Waals surface area contributed by atoms with Crippen LogP contribution in [0.1, 0.15) is 26.3 Å². The first-order valence-electron chi connectivity index (χ1n) is 6.39. The molecule has 5 heteroatoms. The van der Waals surface area contributed by atoms with Gasteiger partial charge in [0.2, 0.25) is 6.79 Å². The zero-order valence-electron chi connectivity index (χ0n) is 11.0. The smallest absolute Gasteiger partial charge is 0.336 e. The molecule has 0 unspecified atom stereocenters. The highest BCUT2D eigenvalue weighted by atomic mass is 16.7. The minimum absolute atomic E-state index is 0.0169. The fourth-order valence-corrected chi connectivity index (χ4v) is 2.24. The number of carbonyl (C=O) groups excluding carboxylic acids is 1. The minimum atomic E-state index is -1.11. The molecule has 0 saturated heterocycles. The van der Waals surface area contributed by atoms with Crippen molar-refractivity contribution < 1.29 is 24.2 Å². The zero-order chi connectivity index (χ0) is 14.8. The van der Waals surface area contributed by atoms with Crippen LogP contribution in [0.5, 0.6) is 11.5 Å². The lowest BCUT2D eigenvalue weighted by Crippen LogP contribution is -2.10. The van der Waals surface area contributed by atoms with Gasteiger partial charge in [0, 0.05) is 12.0 Å². The Morgan fingerprint density at radius 1 is 1.00 bits per heavy atom. The first-order chi connectivity index (χ1) is 10.1. The van der Waals surface area contributed by atoms with Gasteiger partial charge in [-0.3, -0.25) is 4.79 Å². The van der Waals surface area contributed by atoms with Crippen LogP contribution in [-0.2, 0) is 6.42 Å². The Labute approximate surface area is 120 Å². The number of ether oxygens (including phenoxy) is 2. The molecule has 1 N–H and O–H groups in total. The van der Waals surface area contributed by atoms with Crippen LogP contribution in [0.4, 0.5) is 0 Å². The third-order valence-corrected chi connectivity index (χ3v) is 3.26. The number of fused-ring (bicyclic) bond motifs is 1. The first-order valence-corrected chi connectivity index (χ1v) is 6.39. The maximum Gasteiger partial charge on any atom is 0.336 e. The number of aromatic carboxylic acids is 1. The van der Waals surface area contributed by atoms with E-state index in [-0.39, 0.29) is 30.1 Å². The van der Waals surface area contributed by atoms with Crippen LogP contribution in [0.25, 0.3) is 0 Å². The van der Waals surface area contributed by atoms with Gasteiger partial charge in [-0.1, -0.05) is 24.3 Å². The molecule has 106 valence electrons. The van der Waals surface area contributed by atoms with E-state index in [1.807, 2.05) is 0 Å². The van der Waals surface area contributed by atoms with Gasteiger partial charge in [0.15, 0.2) is 17.3 Å². The zero-order valence-corrected chi connectivity index (χ0v) is 11.0. The summed E-state index contributed by atoms with van der Waals surface area (Å²) >= 11 is 0. The molecule has 0 aliphatic carbocycles. The summed E-state index contributed by atoms with van der Waals surface area (Å²) in [5.74, 6) is -0.0968. The molecule has 1 aliphatic heterocycles. The van der Waals surface area contributed by atoms with Crippen molar-refractivity contribution in [3.8, 4) is 11.5 Å². The van der Waals surface area contributed by atoms with Gasteiger partial charge in [-0.2, -0.15) is 0 Å². The Morgan fingerprint density at radius 2 is 1.71 bits per heavy atom. The minimum Gasteiger partial charge on any atom is -0.478 e. The highest BCUT2D eigenvalue weighted by Gasteiger charge is 2.18. The van der Waals surface area contributed by atoms with Crippen LogP contribution in [0.3, 0.4) is 0 Å². The second-order valence-electron chi connectivity index (χ2n) is 4.64. The highest BCUT2D eigenvalue weighted by molar-refractivity contribution is 6.06. The normalized spacial score (nSPS) is 12.2. The Hall–Kier alpha value is -2.82. The Balaban J connectivity index is 1.85. The van der Waals surface area contributed by atoms with Crippen molar-refractivity contribution in [2.24, 2.45) is 0 Å². The standard InChI is InChI=1S/C16H12O5/c17-13(11-3-1-2-4-12(11)16(18)19)7-10-5-6-14-15(8-10)21-9-20-14/h1-6,8H,7,9H2,(H,18,19). The summed E-state index contributed by atoms with van der Waals surface area (Å²) < 4.78 is 10.5. The summed E-state index contributed by atoms with van der Waals surface area (Å²) in [6.45, 7) is 0.175. The second kappa shape index (κ2) is 5.28. The average Bonchev–Trinajstić information content (AvgIpc) is 2.94. The van der Waals surface area contributed by atoms with Crippen molar-refractivity contribution in [2.45, 2.75) is 6.42 Å². The first kappa shape index (κ1) is 13.2. The van der Waals surface area contributed by atoms with Crippen molar-refractivity contribution >= 4 is 11.8 Å². The molecule has 0 atom stereocenters. The number of carboxylic acids is 1. The Kier molecular flexibility index (Phi) is 3.31. The van der Waals surface area contributed by atoms with Gasteiger partial charge in [-0.05, 0) is 23.8 Å². The number of rotatable bonds is 4. The molecule has 0 amide bonds. The lowest BCUT2D eigenvalue weighted by atomic mass is 9.98. The van der Waals surface area contributed by atoms with Gasteiger partial charge in [0.1, 0.15) is 0 Å². The largest absolute Gasteiger partial charge is 0.478 e. The summed E-state index contributed by atoms with van der Waals surface area (Å²) in [5.41, 5.74) is 0.982. The van der Waals surface area contributed by atoms with E-state index in [9.17, 15) is 9.59 Å². The molecule has 1 heterocycles. The lowest BCUT2D eigenvalue weighted by Gasteiger charge is -2.06. The topological polar surface area (TPSA) is 72.8 Å². The number of carboxylic acid groups (broad SMARTS) is 1. The number of Topliss-reactive ketones (excluding diaryl/α,β-unsaturated/α-hetero) is 1. The molecule has 0 saturated carbocycles. The second-order valence-corrected chi connectivity index (χ2v) is 4.64. The molecule has 5 nitrogen and oxygen atoms in total. The van der Waals surface area contributed by atoms with Crippen LogP contribution in [0.2, 0.25) is 0 Å².